The van der Waals surface area contributed by atoms with Gasteiger partial charge in [0.1, 0.15) is 36.6 Å². The van der Waals surface area contributed by atoms with Crippen LogP contribution in [0.4, 0.5) is 0 Å². The van der Waals surface area contributed by atoms with Crippen LogP contribution in [0.3, 0.4) is 0 Å². The topological polar surface area (TPSA) is 27.7 Å². The Kier molecular flexibility index (Phi) is 2.54. The third kappa shape index (κ3) is 1.68. The summed E-state index contributed by atoms with van der Waals surface area (Å²) < 4.78 is 19.5. The van der Waals surface area contributed by atoms with Crippen LogP contribution >= 0.6 is 0 Å². The molecule has 6 aliphatic rings. The molecule has 3 nitrogen and oxygen atoms in total. The lowest BCUT2D eigenvalue weighted by molar-refractivity contribution is 0.0803. The van der Waals surface area contributed by atoms with Crippen molar-refractivity contribution < 1.29 is 14.2 Å². The van der Waals surface area contributed by atoms with Gasteiger partial charge in [0.25, 0.3) is 0 Å². The lowest BCUT2D eigenvalue weighted by atomic mass is 9.77. The van der Waals surface area contributed by atoms with E-state index < -0.39 is 0 Å². The molecule has 156 valence electrons. The third-order valence-electron chi connectivity index (χ3n) is 8.78. The summed E-state index contributed by atoms with van der Waals surface area (Å²) in [5, 5.41) is 0. The fourth-order valence-electron chi connectivity index (χ4n) is 7.42. The van der Waals surface area contributed by atoms with Gasteiger partial charge >= 0.3 is 0 Å². The Morgan fingerprint density at radius 2 is 0.515 bits per heavy atom. The Bertz CT molecular complexity index is 1370. The molecule has 4 aromatic rings. The van der Waals surface area contributed by atoms with Gasteiger partial charge in [-0.25, -0.2) is 0 Å². The summed E-state index contributed by atoms with van der Waals surface area (Å²) in [4.78, 5) is 0. The molecule has 0 aromatic heterocycles. The molecule has 3 heteroatoms. The van der Waals surface area contributed by atoms with Gasteiger partial charge in [-0.2, -0.15) is 0 Å². The number of rotatable bonds is 0. The molecule has 6 aliphatic heterocycles. The van der Waals surface area contributed by atoms with Gasteiger partial charge in [0.05, 0.1) is 0 Å². The van der Waals surface area contributed by atoms with E-state index in [9.17, 15) is 0 Å². The van der Waals surface area contributed by atoms with Crippen LogP contribution in [0.5, 0.6) is 0 Å². The van der Waals surface area contributed by atoms with E-state index in [2.05, 4.69) is 72.8 Å². The van der Waals surface area contributed by atoms with Crippen molar-refractivity contribution in [3.63, 3.8) is 0 Å². The standard InChI is InChI=1S/C30H18O3/c1-2-6-14-13(5-1)25-17-9-21-22(10-18(17)26(14)31-25)30-24-12-20-19(11-23(24)29(21)33-30)27-15-7-3-4-8-16(15)28(20)32-27/h1-12,25-30H. The Balaban J connectivity index is 1.13. The average Bonchev–Trinajstić information content (AvgIpc) is 3.69. The molecule has 33 heavy (non-hydrogen) atoms. The summed E-state index contributed by atoms with van der Waals surface area (Å²) in [7, 11) is 0. The van der Waals surface area contributed by atoms with Crippen LogP contribution in [0.15, 0.2) is 72.8 Å². The SMILES string of the molecule is c1ccc2c(c1)C1OC2c2cc3c(cc21)C1OC3c2cc3c(cc21)C1OC3c2ccccc21. The first-order valence-electron chi connectivity index (χ1n) is 11.8. The Hall–Kier alpha value is -3.24. The summed E-state index contributed by atoms with van der Waals surface area (Å²) in [6.45, 7) is 0. The summed E-state index contributed by atoms with van der Waals surface area (Å²) in [5.74, 6) is 0. The Labute approximate surface area is 190 Å². The van der Waals surface area contributed by atoms with E-state index in [1.54, 1.807) is 0 Å². The molecule has 0 saturated carbocycles. The van der Waals surface area contributed by atoms with Crippen molar-refractivity contribution in [2.75, 3.05) is 0 Å². The molecule has 0 aliphatic carbocycles. The molecule has 4 atom stereocenters. The van der Waals surface area contributed by atoms with Crippen LogP contribution in [0.1, 0.15) is 103 Å². The van der Waals surface area contributed by atoms with Gasteiger partial charge in [0, 0.05) is 0 Å². The van der Waals surface area contributed by atoms with Crippen molar-refractivity contribution in [1.82, 2.24) is 0 Å². The number of benzene rings is 4. The van der Waals surface area contributed by atoms with Gasteiger partial charge in [0.2, 0.25) is 0 Å². The van der Waals surface area contributed by atoms with Gasteiger partial charge < -0.3 is 14.2 Å². The average molecular weight is 426 g/mol. The molecule has 0 fully saturated rings. The maximum atomic E-state index is 6.62. The highest BCUT2D eigenvalue weighted by Gasteiger charge is 2.50. The third-order valence-corrected chi connectivity index (χ3v) is 8.78. The van der Waals surface area contributed by atoms with E-state index in [4.69, 9.17) is 14.2 Å². The minimum absolute atomic E-state index is 0.0133. The molecule has 0 radical (unpaired) electrons. The van der Waals surface area contributed by atoms with Crippen LogP contribution < -0.4 is 0 Å². The zero-order valence-corrected chi connectivity index (χ0v) is 17.6. The first-order valence-corrected chi connectivity index (χ1v) is 11.8. The smallest absolute Gasteiger partial charge is 0.110 e. The largest absolute Gasteiger partial charge is 0.356 e. The van der Waals surface area contributed by atoms with E-state index >= 15 is 0 Å². The molecular formula is C30H18O3. The monoisotopic (exact) mass is 426 g/mol. The molecule has 0 N–H and O–H groups in total. The lowest BCUT2D eigenvalue weighted by Crippen LogP contribution is -2.11. The lowest BCUT2D eigenvalue weighted by Gasteiger charge is -2.23. The van der Waals surface area contributed by atoms with Crippen molar-refractivity contribution in [3.05, 3.63) is 140 Å². The van der Waals surface area contributed by atoms with E-state index in [0.29, 0.717) is 0 Å². The molecule has 6 bridgehead atoms. The maximum Gasteiger partial charge on any atom is 0.110 e. The van der Waals surface area contributed by atoms with Crippen molar-refractivity contribution in [3.8, 4) is 0 Å². The fraction of sp³-hybridized carbons (Fsp3) is 0.200. The zero-order valence-electron chi connectivity index (χ0n) is 17.6. The minimum atomic E-state index is 0.0133. The van der Waals surface area contributed by atoms with Crippen molar-refractivity contribution in [2.24, 2.45) is 0 Å². The molecule has 4 aromatic carbocycles. The normalized spacial score (nSPS) is 31.3. The van der Waals surface area contributed by atoms with Gasteiger partial charge in [-0.15, -0.1) is 0 Å². The molecule has 10 rings (SSSR count). The molecule has 4 unspecified atom stereocenters. The highest BCUT2D eigenvalue weighted by Crippen LogP contribution is 2.62. The quantitative estimate of drug-likeness (QED) is 0.332. The van der Waals surface area contributed by atoms with Crippen molar-refractivity contribution >= 4 is 0 Å². The highest BCUT2D eigenvalue weighted by atomic mass is 16.5. The predicted octanol–water partition coefficient (Wildman–Crippen LogP) is 6.25. The summed E-state index contributed by atoms with van der Waals surface area (Å²) >= 11 is 0. The maximum absolute atomic E-state index is 6.62. The summed E-state index contributed by atoms with van der Waals surface area (Å²) in [6.07, 6.45) is 0.270. The van der Waals surface area contributed by atoms with E-state index in [1.165, 1.54) is 66.8 Å². The van der Waals surface area contributed by atoms with Crippen molar-refractivity contribution in [2.45, 2.75) is 36.6 Å². The fourth-order valence-corrected chi connectivity index (χ4v) is 7.42. The van der Waals surface area contributed by atoms with E-state index in [1.807, 2.05) is 0 Å². The number of ether oxygens (including phenoxy) is 3. The molecule has 0 amide bonds. The van der Waals surface area contributed by atoms with Crippen LogP contribution in [0.25, 0.3) is 0 Å². The second kappa shape index (κ2) is 5.13. The van der Waals surface area contributed by atoms with Gasteiger partial charge in [-0.1, -0.05) is 48.5 Å². The number of fused-ring (bicyclic) bond motifs is 24. The second-order valence-electron chi connectivity index (χ2n) is 10.2. The van der Waals surface area contributed by atoms with Crippen LogP contribution in [-0.2, 0) is 14.2 Å². The van der Waals surface area contributed by atoms with Gasteiger partial charge in [-0.3, -0.25) is 0 Å². The van der Waals surface area contributed by atoms with Crippen LogP contribution in [0.2, 0.25) is 0 Å². The molecule has 0 spiro atoms. The molecule has 6 heterocycles. The zero-order chi connectivity index (χ0) is 21.0. The molecule has 0 saturated heterocycles. The van der Waals surface area contributed by atoms with Crippen LogP contribution in [0, 0.1) is 0 Å². The first-order chi connectivity index (χ1) is 16.3. The van der Waals surface area contributed by atoms with Crippen LogP contribution in [-0.4, -0.2) is 0 Å². The van der Waals surface area contributed by atoms with E-state index in [-0.39, 0.29) is 36.6 Å². The Morgan fingerprint density at radius 3 is 0.758 bits per heavy atom. The van der Waals surface area contributed by atoms with E-state index in [0.717, 1.165) is 0 Å². The highest BCUT2D eigenvalue weighted by molar-refractivity contribution is 5.65. The predicted molar refractivity (Wildman–Crippen MR) is 120 cm³/mol. The summed E-state index contributed by atoms with van der Waals surface area (Å²) in [6, 6.07) is 26.8. The van der Waals surface area contributed by atoms with Gasteiger partial charge in [-0.05, 0) is 91.0 Å². The minimum Gasteiger partial charge on any atom is -0.356 e. The van der Waals surface area contributed by atoms with Crippen molar-refractivity contribution in [1.29, 1.82) is 0 Å². The summed E-state index contributed by atoms with van der Waals surface area (Å²) in [5.41, 5.74) is 15.9. The first kappa shape index (κ1) is 16.4. The van der Waals surface area contributed by atoms with Gasteiger partial charge in [0.15, 0.2) is 0 Å². The number of hydrogen-bond donors (Lipinski definition) is 0. The number of hydrogen-bond acceptors (Lipinski definition) is 3. The molecular weight excluding hydrogens is 408 g/mol. The Morgan fingerprint density at radius 1 is 0.303 bits per heavy atom. The second-order valence-corrected chi connectivity index (χ2v) is 10.2.